The van der Waals surface area contributed by atoms with Crippen molar-refractivity contribution >= 4 is 17.8 Å². The van der Waals surface area contributed by atoms with Crippen molar-refractivity contribution in [3.63, 3.8) is 0 Å². The van der Waals surface area contributed by atoms with Crippen LogP contribution in [0.25, 0.3) is 0 Å². The second kappa shape index (κ2) is 10.2. The Hall–Kier alpha value is -2.61. The molecule has 0 spiro atoms. The fourth-order valence-corrected chi connectivity index (χ4v) is 2.16. The highest BCUT2D eigenvalue weighted by Crippen LogP contribution is 2.13. The number of benzene rings is 1. The summed E-state index contributed by atoms with van der Waals surface area (Å²) in [6, 6.07) is 7.76. The smallest absolute Gasteiger partial charge is 0.414 e. The lowest BCUT2D eigenvalue weighted by Crippen LogP contribution is -2.37. The van der Waals surface area contributed by atoms with Crippen LogP contribution in [0.1, 0.15) is 18.4 Å². The Bertz CT molecular complexity index is 540. The fourth-order valence-electron chi connectivity index (χ4n) is 2.16. The average molecular weight is 338 g/mol. The first kappa shape index (κ1) is 19.4. The third-order valence-electron chi connectivity index (χ3n) is 3.52. The Balaban J connectivity index is 0.000000413. The Labute approximate surface area is 139 Å². The van der Waals surface area contributed by atoms with Crippen molar-refractivity contribution in [3.05, 3.63) is 29.8 Å². The highest BCUT2D eigenvalue weighted by atomic mass is 16.5. The number of hydrogen-bond acceptors (Lipinski definition) is 5. The number of aliphatic carboxylic acids is 2. The monoisotopic (exact) mass is 338 g/mol. The van der Waals surface area contributed by atoms with Crippen molar-refractivity contribution in [2.24, 2.45) is 5.92 Å². The topological polar surface area (TPSA) is 125 Å². The first-order valence-electron chi connectivity index (χ1n) is 7.51. The highest BCUT2D eigenvalue weighted by molar-refractivity contribution is 6.27. The summed E-state index contributed by atoms with van der Waals surface area (Å²) in [4.78, 5) is 30.1. The van der Waals surface area contributed by atoms with Gasteiger partial charge in [-0.2, -0.15) is 0 Å². The fraction of sp³-hybridized carbons (Fsp3) is 0.438. The van der Waals surface area contributed by atoms with Crippen molar-refractivity contribution in [2.45, 2.75) is 19.4 Å². The molecule has 1 amide bonds. The Morgan fingerprint density at radius 2 is 1.67 bits per heavy atom. The predicted molar refractivity (Wildman–Crippen MR) is 85.7 cm³/mol. The van der Waals surface area contributed by atoms with Gasteiger partial charge in [0.2, 0.25) is 5.91 Å². The van der Waals surface area contributed by atoms with Crippen molar-refractivity contribution in [2.75, 3.05) is 20.2 Å². The summed E-state index contributed by atoms with van der Waals surface area (Å²) in [5.41, 5.74) is 1.10. The predicted octanol–water partition coefficient (Wildman–Crippen LogP) is 0.467. The van der Waals surface area contributed by atoms with Gasteiger partial charge in [-0.15, -0.1) is 0 Å². The number of ether oxygens (including phenoxy) is 1. The zero-order valence-electron chi connectivity index (χ0n) is 13.4. The summed E-state index contributed by atoms with van der Waals surface area (Å²) in [7, 11) is 1.65. The van der Waals surface area contributed by atoms with E-state index in [2.05, 4.69) is 10.6 Å². The van der Waals surface area contributed by atoms with Gasteiger partial charge in [-0.25, -0.2) is 9.59 Å². The molecule has 132 valence electrons. The molecular weight excluding hydrogens is 316 g/mol. The van der Waals surface area contributed by atoms with Gasteiger partial charge in [0.05, 0.1) is 7.11 Å². The summed E-state index contributed by atoms with van der Waals surface area (Å²) in [6.07, 6.45) is 1.88. The number of carbonyl (C=O) groups is 3. The molecule has 0 aliphatic carbocycles. The number of piperidine rings is 1. The molecule has 1 saturated heterocycles. The Kier molecular flexibility index (Phi) is 8.28. The molecule has 4 N–H and O–H groups in total. The lowest BCUT2D eigenvalue weighted by Gasteiger charge is -2.21. The van der Waals surface area contributed by atoms with Crippen LogP contribution < -0.4 is 15.4 Å². The van der Waals surface area contributed by atoms with E-state index >= 15 is 0 Å². The maximum Gasteiger partial charge on any atom is 0.414 e. The van der Waals surface area contributed by atoms with Crippen LogP contribution in [-0.2, 0) is 20.9 Å². The molecule has 24 heavy (non-hydrogen) atoms. The van der Waals surface area contributed by atoms with Crippen LogP contribution in [0, 0.1) is 5.92 Å². The van der Waals surface area contributed by atoms with E-state index in [0.717, 1.165) is 37.2 Å². The van der Waals surface area contributed by atoms with Gasteiger partial charge in [0.15, 0.2) is 0 Å². The number of carboxylic acid groups (broad SMARTS) is 2. The molecule has 1 fully saturated rings. The molecule has 1 aromatic carbocycles. The van der Waals surface area contributed by atoms with Gasteiger partial charge < -0.3 is 25.6 Å². The molecule has 0 radical (unpaired) electrons. The van der Waals surface area contributed by atoms with Crippen LogP contribution >= 0.6 is 0 Å². The first-order valence-corrected chi connectivity index (χ1v) is 7.51. The Morgan fingerprint density at radius 1 is 1.12 bits per heavy atom. The number of methoxy groups -OCH3 is 1. The standard InChI is InChI=1S/C14H20N2O2.C2H2O4/c1-18-13-4-2-11(3-5-13)10-16-14(17)12-6-8-15-9-7-12;3-1(4)2(5)6/h2-5,12,15H,6-10H2,1H3,(H,16,17);(H,3,4)(H,5,6). The van der Waals surface area contributed by atoms with Gasteiger partial charge in [-0.05, 0) is 43.6 Å². The van der Waals surface area contributed by atoms with Gasteiger partial charge in [0.25, 0.3) is 0 Å². The van der Waals surface area contributed by atoms with Crippen LogP contribution in [0.15, 0.2) is 24.3 Å². The molecule has 0 saturated carbocycles. The zero-order chi connectivity index (χ0) is 17.9. The number of rotatable bonds is 4. The minimum atomic E-state index is -1.82. The third-order valence-corrected chi connectivity index (χ3v) is 3.52. The summed E-state index contributed by atoms with van der Waals surface area (Å²) in [6.45, 7) is 2.48. The minimum Gasteiger partial charge on any atom is -0.497 e. The van der Waals surface area contributed by atoms with E-state index in [1.54, 1.807) is 7.11 Å². The van der Waals surface area contributed by atoms with E-state index in [-0.39, 0.29) is 11.8 Å². The number of nitrogens with one attached hydrogen (secondary N) is 2. The van der Waals surface area contributed by atoms with Crippen LogP contribution in [-0.4, -0.2) is 48.3 Å². The lowest BCUT2D eigenvalue weighted by molar-refractivity contribution is -0.159. The van der Waals surface area contributed by atoms with Gasteiger partial charge >= 0.3 is 11.9 Å². The second-order valence-corrected chi connectivity index (χ2v) is 5.20. The van der Waals surface area contributed by atoms with Crippen LogP contribution in [0.3, 0.4) is 0 Å². The molecule has 8 heteroatoms. The lowest BCUT2D eigenvalue weighted by atomic mass is 9.97. The maximum absolute atomic E-state index is 11.9. The van der Waals surface area contributed by atoms with Crippen LogP contribution in [0.5, 0.6) is 5.75 Å². The van der Waals surface area contributed by atoms with E-state index in [1.807, 2.05) is 24.3 Å². The molecule has 0 atom stereocenters. The van der Waals surface area contributed by atoms with Gasteiger partial charge in [0.1, 0.15) is 5.75 Å². The number of carboxylic acids is 2. The van der Waals surface area contributed by atoms with E-state index in [1.165, 1.54) is 0 Å². The summed E-state index contributed by atoms with van der Waals surface area (Å²) in [5.74, 6) is -2.47. The summed E-state index contributed by atoms with van der Waals surface area (Å²) in [5, 5.41) is 21.0. The quantitative estimate of drug-likeness (QED) is 0.588. The molecule has 1 aliphatic heterocycles. The van der Waals surface area contributed by atoms with Gasteiger partial charge in [-0.3, -0.25) is 4.79 Å². The zero-order valence-corrected chi connectivity index (χ0v) is 13.4. The van der Waals surface area contributed by atoms with E-state index < -0.39 is 11.9 Å². The third kappa shape index (κ3) is 7.10. The average Bonchev–Trinajstić information content (AvgIpc) is 2.61. The molecular formula is C16H22N2O6. The Morgan fingerprint density at radius 3 is 2.12 bits per heavy atom. The van der Waals surface area contributed by atoms with Crippen molar-refractivity contribution < 1.29 is 29.3 Å². The van der Waals surface area contributed by atoms with E-state index in [4.69, 9.17) is 24.5 Å². The first-order chi connectivity index (χ1) is 11.4. The maximum atomic E-state index is 11.9. The highest BCUT2D eigenvalue weighted by Gasteiger charge is 2.20. The van der Waals surface area contributed by atoms with Gasteiger partial charge in [0, 0.05) is 12.5 Å². The van der Waals surface area contributed by atoms with Crippen LogP contribution in [0.4, 0.5) is 0 Å². The largest absolute Gasteiger partial charge is 0.497 e. The number of hydrogen-bond donors (Lipinski definition) is 4. The SMILES string of the molecule is COc1ccc(CNC(=O)C2CCNCC2)cc1.O=C(O)C(=O)O. The molecule has 1 aliphatic rings. The molecule has 0 aromatic heterocycles. The summed E-state index contributed by atoms with van der Waals surface area (Å²) < 4.78 is 5.10. The molecule has 1 aromatic rings. The molecule has 2 rings (SSSR count). The normalized spacial score (nSPS) is 14.0. The van der Waals surface area contributed by atoms with Gasteiger partial charge in [-0.1, -0.05) is 12.1 Å². The molecule has 0 unspecified atom stereocenters. The molecule has 0 bridgehead atoms. The molecule has 1 heterocycles. The van der Waals surface area contributed by atoms with Crippen LogP contribution in [0.2, 0.25) is 0 Å². The summed E-state index contributed by atoms with van der Waals surface area (Å²) >= 11 is 0. The molecule has 8 nitrogen and oxygen atoms in total. The number of carbonyl (C=O) groups excluding carboxylic acids is 1. The minimum absolute atomic E-state index is 0.171. The second-order valence-electron chi connectivity index (χ2n) is 5.20. The van der Waals surface area contributed by atoms with E-state index in [0.29, 0.717) is 6.54 Å². The van der Waals surface area contributed by atoms with Crippen molar-refractivity contribution in [1.29, 1.82) is 0 Å². The van der Waals surface area contributed by atoms with Crippen molar-refractivity contribution in [3.8, 4) is 5.75 Å². The number of amides is 1. The van der Waals surface area contributed by atoms with Crippen molar-refractivity contribution in [1.82, 2.24) is 10.6 Å². The van der Waals surface area contributed by atoms with E-state index in [9.17, 15) is 4.79 Å².